The van der Waals surface area contributed by atoms with Crippen LogP contribution in [0.15, 0.2) is 54.6 Å². The average Bonchev–Trinajstić information content (AvgIpc) is 3.29. The number of amides is 3. The van der Waals surface area contributed by atoms with Crippen LogP contribution in [0.25, 0.3) is 0 Å². The monoisotopic (exact) mass is 425 g/mol. The molecule has 0 bridgehead atoms. The van der Waals surface area contributed by atoms with Crippen LogP contribution < -0.4 is 5.32 Å². The summed E-state index contributed by atoms with van der Waals surface area (Å²) in [6, 6.07) is 15.3. The van der Waals surface area contributed by atoms with Gasteiger partial charge in [0.2, 0.25) is 5.91 Å². The van der Waals surface area contributed by atoms with E-state index in [1.54, 1.807) is 58.0 Å². The van der Waals surface area contributed by atoms with Crippen molar-refractivity contribution in [2.75, 3.05) is 43.2 Å². The molecule has 4 rings (SSSR count). The second kappa shape index (κ2) is 9.32. The van der Waals surface area contributed by atoms with E-state index < -0.39 is 6.04 Å². The number of rotatable bonds is 4. The molecule has 0 spiro atoms. The number of hydrogen-bond donors (Lipinski definition) is 1. The first-order valence-corrected chi connectivity index (χ1v) is 11.0. The van der Waals surface area contributed by atoms with Crippen molar-refractivity contribution in [3.8, 4) is 0 Å². The van der Waals surface area contributed by atoms with Gasteiger partial charge in [0.1, 0.15) is 6.04 Å². The van der Waals surface area contributed by atoms with Crippen molar-refractivity contribution in [3.63, 3.8) is 0 Å². The lowest BCUT2D eigenvalue weighted by Gasteiger charge is -2.27. The number of ether oxygens (including phenoxy) is 1. The Morgan fingerprint density at radius 2 is 1.67 bits per heavy atom. The molecule has 2 aromatic carbocycles. The van der Waals surface area contributed by atoms with E-state index in [-0.39, 0.29) is 17.7 Å². The molecule has 8 heteroatoms. The zero-order valence-electron chi connectivity index (χ0n) is 16.5. The van der Waals surface area contributed by atoms with Crippen LogP contribution in [0.2, 0.25) is 0 Å². The summed E-state index contributed by atoms with van der Waals surface area (Å²) in [6.07, 6.45) is 0. The molecule has 2 fully saturated rings. The van der Waals surface area contributed by atoms with E-state index in [9.17, 15) is 14.4 Å². The summed E-state index contributed by atoms with van der Waals surface area (Å²) in [4.78, 5) is 41.8. The Kier molecular flexibility index (Phi) is 6.35. The van der Waals surface area contributed by atoms with Gasteiger partial charge >= 0.3 is 0 Å². The van der Waals surface area contributed by atoms with Crippen molar-refractivity contribution < 1.29 is 19.1 Å². The molecule has 0 radical (unpaired) electrons. The van der Waals surface area contributed by atoms with Crippen molar-refractivity contribution in [3.05, 3.63) is 65.7 Å². The number of hydrogen-bond acceptors (Lipinski definition) is 5. The van der Waals surface area contributed by atoms with Crippen molar-refractivity contribution >= 4 is 35.2 Å². The number of morpholine rings is 1. The molecule has 156 valence electrons. The molecule has 3 amide bonds. The third kappa shape index (κ3) is 4.49. The summed E-state index contributed by atoms with van der Waals surface area (Å²) in [6.45, 7) is 2.19. The third-order valence-electron chi connectivity index (χ3n) is 5.14. The highest BCUT2D eigenvalue weighted by Crippen LogP contribution is 2.24. The molecule has 0 unspecified atom stereocenters. The van der Waals surface area contributed by atoms with Crippen LogP contribution in [-0.2, 0) is 9.53 Å². The number of carbonyl (C=O) groups excluding carboxylic acids is 3. The smallest absolute Gasteiger partial charge is 0.255 e. The van der Waals surface area contributed by atoms with E-state index in [4.69, 9.17) is 4.74 Å². The standard InChI is InChI=1S/C22H23N3O4S/c26-20(19-14-30-15-25(19)22(28)16-5-2-1-3-6-16)23-18-8-4-7-17(13-18)21(27)24-9-11-29-12-10-24/h1-8,13,19H,9-12,14-15H2,(H,23,26)/t19-/m0/s1. The molecule has 1 atom stereocenters. The lowest BCUT2D eigenvalue weighted by Crippen LogP contribution is -2.44. The van der Waals surface area contributed by atoms with Gasteiger partial charge in [-0.05, 0) is 30.3 Å². The fourth-order valence-corrected chi connectivity index (χ4v) is 4.67. The third-order valence-corrected chi connectivity index (χ3v) is 6.15. The van der Waals surface area contributed by atoms with E-state index >= 15 is 0 Å². The Labute approximate surface area is 179 Å². The minimum absolute atomic E-state index is 0.0771. The highest BCUT2D eigenvalue weighted by molar-refractivity contribution is 7.99. The molecule has 2 aromatic rings. The van der Waals surface area contributed by atoms with Gasteiger partial charge in [-0.3, -0.25) is 14.4 Å². The second-order valence-corrected chi connectivity index (χ2v) is 8.13. The second-order valence-electron chi connectivity index (χ2n) is 7.13. The summed E-state index contributed by atoms with van der Waals surface area (Å²) in [5, 5.41) is 2.88. The Morgan fingerprint density at radius 3 is 2.43 bits per heavy atom. The molecular formula is C22H23N3O4S. The quantitative estimate of drug-likeness (QED) is 0.813. The first-order valence-electron chi connectivity index (χ1n) is 9.85. The minimum atomic E-state index is -0.554. The molecule has 0 aliphatic carbocycles. The Balaban J connectivity index is 1.44. The molecule has 0 saturated carbocycles. The first kappa shape index (κ1) is 20.4. The molecule has 30 heavy (non-hydrogen) atoms. The van der Waals surface area contributed by atoms with Crippen LogP contribution in [0.1, 0.15) is 20.7 Å². The van der Waals surface area contributed by atoms with Gasteiger partial charge in [-0.25, -0.2) is 0 Å². The van der Waals surface area contributed by atoms with Crippen LogP contribution >= 0.6 is 11.8 Å². The summed E-state index contributed by atoms with van der Waals surface area (Å²) < 4.78 is 5.30. The van der Waals surface area contributed by atoms with Gasteiger partial charge in [-0.15, -0.1) is 11.8 Å². The van der Waals surface area contributed by atoms with E-state index in [0.717, 1.165) is 0 Å². The SMILES string of the molecule is O=C(Nc1cccc(C(=O)N2CCOCC2)c1)[C@@H]1CSCN1C(=O)c1ccccc1. The summed E-state index contributed by atoms with van der Waals surface area (Å²) in [5.41, 5.74) is 1.63. The average molecular weight is 426 g/mol. The van der Waals surface area contributed by atoms with Crippen molar-refractivity contribution in [1.29, 1.82) is 0 Å². The maximum absolute atomic E-state index is 12.9. The topological polar surface area (TPSA) is 79.0 Å². The number of thioether (sulfide) groups is 1. The highest BCUT2D eigenvalue weighted by Gasteiger charge is 2.35. The van der Waals surface area contributed by atoms with Gasteiger partial charge in [-0.1, -0.05) is 24.3 Å². The zero-order valence-corrected chi connectivity index (χ0v) is 17.3. The molecule has 2 aliphatic heterocycles. The zero-order chi connectivity index (χ0) is 20.9. The van der Waals surface area contributed by atoms with Crippen LogP contribution in [0, 0.1) is 0 Å². The molecule has 2 aliphatic rings. The van der Waals surface area contributed by atoms with Gasteiger partial charge in [0, 0.05) is 35.7 Å². The maximum Gasteiger partial charge on any atom is 0.255 e. The minimum Gasteiger partial charge on any atom is -0.378 e. The molecule has 1 N–H and O–H groups in total. The normalized spacial score (nSPS) is 18.9. The Hall–Kier alpha value is -2.84. The van der Waals surface area contributed by atoms with Crippen molar-refractivity contribution in [2.24, 2.45) is 0 Å². The van der Waals surface area contributed by atoms with Crippen molar-refractivity contribution in [2.45, 2.75) is 6.04 Å². The summed E-state index contributed by atoms with van der Waals surface area (Å²) >= 11 is 1.55. The van der Waals surface area contributed by atoms with Gasteiger partial charge in [0.15, 0.2) is 0 Å². The van der Waals surface area contributed by atoms with Crippen LogP contribution in [-0.4, -0.2) is 71.5 Å². The van der Waals surface area contributed by atoms with E-state index in [0.29, 0.717) is 54.7 Å². The number of nitrogens with one attached hydrogen (secondary N) is 1. The highest BCUT2D eigenvalue weighted by atomic mass is 32.2. The van der Waals surface area contributed by atoms with E-state index in [1.165, 1.54) is 0 Å². The number of nitrogens with zero attached hydrogens (tertiary/aromatic N) is 2. The van der Waals surface area contributed by atoms with E-state index in [2.05, 4.69) is 5.32 Å². The van der Waals surface area contributed by atoms with Gasteiger partial charge in [-0.2, -0.15) is 0 Å². The largest absolute Gasteiger partial charge is 0.378 e. The van der Waals surface area contributed by atoms with E-state index in [1.807, 2.05) is 18.2 Å². The lowest BCUT2D eigenvalue weighted by molar-refractivity contribution is -0.119. The van der Waals surface area contributed by atoms with Crippen LogP contribution in [0.5, 0.6) is 0 Å². The summed E-state index contributed by atoms with van der Waals surface area (Å²) in [7, 11) is 0. The van der Waals surface area contributed by atoms with Crippen molar-refractivity contribution in [1.82, 2.24) is 9.80 Å². The molecule has 2 saturated heterocycles. The maximum atomic E-state index is 12.9. The Bertz CT molecular complexity index is 931. The number of carbonyl (C=O) groups is 3. The molecular weight excluding hydrogens is 402 g/mol. The predicted octanol–water partition coefficient (Wildman–Crippen LogP) is 2.31. The van der Waals surface area contributed by atoms with Gasteiger partial charge < -0.3 is 19.9 Å². The van der Waals surface area contributed by atoms with Crippen LogP contribution in [0.3, 0.4) is 0 Å². The summed E-state index contributed by atoms with van der Waals surface area (Å²) in [5.74, 6) is 0.530. The van der Waals surface area contributed by atoms with Crippen LogP contribution in [0.4, 0.5) is 5.69 Å². The van der Waals surface area contributed by atoms with Gasteiger partial charge in [0.05, 0.1) is 19.1 Å². The number of benzene rings is 2. The molecule has 0 aromatic heterocycles. The predicted molar refractivity (Wildman–Crippen MR) is 116 cm³/mol. The first-order chi connectivity index (χ1) is 14.6. The van der Waals surface area contributed by atoms with Gasteiger partial charge in [0.25, 0.3) is 11.8 Å². The lowest BCUT2D eigenvalue weighted by atomic mass is 10.1. The molecule has 7 nitrogen and oxygen atoms in total. The molecule has 2 heterocycles. The number of anilines is 1. The Morgan fingerprint density at radius 1 is 0.933 bits per heavy atom. The fourth-order valence-electron chi connectivity index (χ4n) is 3.51. The fraction of sp³-hybridized carbons (Fsp3) is 0.318.